The molecule has 0 aromatic heterocycles. The first-order valence-corrected chi connectivity index (χ1v) is 7.76. The van der Waals surface area contributed by atoms with Crippen molar-refractivity contribution in [2.45, 2.75) is 43.9 Å². The van der Waals surface area contributed by atoms with Crippen molar-refractivity contribution in [2.24, 2.45) is 0 Å². The van der Waals surface area contributed by atoms with Gasteiger partial charge in [-0.2, -0.15) is 0 Å². The van der Waals surface area contributed by atoms with E-state index >= 15 is 0 Å². The molecule has 0 amide bonds. The summed E-state index contributed by atoms with van der Waals surface area (Å²) in [4.78, 5) is 0.847. The van der Waals surface area contributed by atoms with Crippen molar-refractivity contribution >= 4 is 10.8 Å². The van der Waals surface area contributed by atoms with Gasteiger partial charge < -0.3 is 15.5 Å². The van der Waals surface area contributed by atoms with E-state index in [-0.39, 0.29) is 16.8 Å². The van der Waals surface area contributed by atoms with E-state index < -0.39 is 10.8 Å². The predicted octanol–water partition coefficient (Wildman–Crippen LogP) is 1.75. The molecule has 1 heterocycles. The molecule has 1 aromatic carbocycles. The molecule has 1 aliphatic heterocycles. The molecule has 19 heavy (non-hydrogen) atoms. The SMILES string of the molecule is CC.CC(C)S(=O)c1cccc(OC2CNC2)c1.O. The normalized spacial score (nSPS) is 15.6. The summed E-state index contributed by atoms with van der Waals surface area (Å²) in [5, 5.41) is 3.29. The standard InChI is InChI=1S/C12H17NO2S.C2H6.H2O/c1-9(2)16(14)12-5-3-4-10(6-12)15-11-7-13-8-11;1-2;/h3-6,9,11,13H,7-8H2,1-2H3;1-2H3;1H2. The lowest BCUT2D eigenvalue weighted by Gasteiger charge is -2.27. The lowest BCUT2D eigenvalue weighted by atomic mass is 10.2. The van der Waals surface area contributed by atoms with Crippen LogP contribution in [0.15, 0.2) is 29.2 Å². The van der Waals surface area contributed by atoms with E-state index in [4.69, 9.17) is 4.74 Å². The van der Waals surface area contributed by atoms with E-state index in [2.05, 4.69) is 5.32 Å². The van der Waals surface area contributed by atoms with Crippen LogP contribution < -0.4 is 10.1 Å². The van der Waals surface area contributed by atoms with E-state index in [0.29, 0.717) is 0 Å². The highest BCUT2D eigenvalue weighted by molar-refractivity contribution is 7.85. The number of benzene rings is 1. The van der Waals surface area contributed by atoms with Crippen LogP contribution in [0.4, 0.5) is 0 Å². The molecule has 4 nitrogen and oxygen atoms in total. The average molecular weight is 287 g/mol. The molecule has 1 fully saturated rings. The highest BCUT2D eigenvalue weighted by atomic mass is 32.2. The summed E-state index contributed by atoms with van der Waals surface area (Å²) in [5.41, 5.74) is 0. The maximum absolute atomic E-state index is 11.9. The molecule has 0 spiro atoms. The molecule has 0 saturated carbocycles. The molecule has 2 rings (SSSR count). The zero-order chi connectivity index (χ0) is 13.5. The van der Waals surface area contributed by atoms with Gasteiger partial charge in [-0.1, -0.05) is 33.8 Å². The maximum Gasteiger partial charge on any atom is 0.123 e. The molecule has 0 aliphatic carbocycles. The first-order chi connectivity index (χ1) is 8.66. The van der Waals surface area contributed by atoms with Crippen molar-refractivity contribution in [1.29, 1.82) is 0 Å². The number of rotatable bonds is 4. The van der Waals surface area contributed by atoms with Gasteiger partial charge in [0.1, 0.15) is 11.9 Å². The highest BCUT2D eigenvalue weighted by Gasteiger charge is 2.18. The van der Waals surface area contributed by atoms with Crippen LogP contribution >= 0.6 is 0 Å². The summed E-state index contributed by atoms with van der Waals surface area (Å²) in [6, 6.07) is 7.59. The third-order valence-electron chi connectivity index (χ3n) is 2.51. The van der Waals surface area contributed by atoms with Crippen LogP contribution in [0, 0.1) is 0 Å². The van der Waals surface area contributed by atoms with Crippen molar-refractivity contribution in [2.75, 3.05) is 13.1 Å². The smallest absolute Gasteiger partial charge is 0.123 e. The van der Waals surface area contributed by atoms with Crippen molar-refractivity contribution < 1.29 is 14.4 Å². The Bertz CT molecular complexity index is 392. The molecule has 5 heteroatoms. The fourth-order valence-corrected chi connectivity index (χ4v) is 2.47. The number of nitrogens with one attached hydrogen (secondary N) is 1. The lowest BCUT2D eigenvalue weighted by molar-refractivity contribution is 0.142. The van der Waals surface area contributed by atoms with E-state index in [1.165, 1.54) is 0 Å². The van der Waals surface area contributed by atoms with E-state index in [9.17, 15) is 4.21 Å². The van der Waals surface area contributed by atoms with Gasteiger partial charge in [-0.05, 0) is 18.2 Å². The summed E-state index contributed by atoms with van der Waals surface area (Å²) in [7, 11) is -0.940. The first kappa shape index (κ1) is 18.1. The third-order valence-corrected chi connectivity index (χ3v) is 4.09. The number of ether oxygens (including phenoxy) is 1. The summed E-state index contributed by atoms with van der Waals surface area (Å²) in [6.07, 6.45) is 0.266. The fraction of sp³-hybridized carbons (Fsp3) is 0.571. The highest BCUT2D eigenvalue weighted by Crippen LogP contribution is 2.20. The van der Waals surface area contributed by atoms with Crippen LogP contribution in [-0.2, 0) is 10.8 Å². The molecule has 1 saturated heterocycles. The molecular formula is C14H25NO3S. The van der Waals surface area contributed by atoms with Crippen LogP contribution in [0.5, 0.6) is 5.75 Å². The van der Waals surface area contributed by atoms with Gasteiger partial charge in [0, 0.05) is 23.2 Å². The Hall–Kier alpha value is -0.910. The van der Waals surface area contributed by atoms with E-state index in [1.807, 2.05) is 52.0 Å². The summed E-state index contributed by atoms with van der Waals surface area (Å²) in [6.45, 7) is 9.72. The van der Waals surface area contributed by atoms with Gasteiger partial charge in [-0.15, -0.1) is 0 Å². The Morgan fingerprint density at radius 2 is 1.95 bits per heavy atom. The Balaban J connectivity index is 0.00000103. The first-order valence-electron chi connectivity index (χ1n) is 6.55. The topological polar surface area (TPSA) is 69.8 Å². The zero-order valence-electron chi connectivity index (χ0n) is 12.1. The molecule has 110 valence electrons. The van der Waals surface area contributed by atoms with Gasteiger partial charge in [0.05, 0.1) is 10.8 Å². The average Bonchev–Trinajstić information content (AvgIpc) is 2.36. The third kappa shape index (κ3) is 5.30. The Morgan fingerprint density at radius 1 is 1.32 bits per heavy atom. The summed E-state index contributed by atoms with van der Waals surface area (Å²) >= 11 is 0. The zero-order valence-corrected chi connectivity index (χ0v) is 12.9. The van der Waals surface area contributed by atoms with Gasteiger partial charge in [0.15, 0.2) is 0 Å². The monoisotopic (exact) mass is 287 g/mol. The molecule has 1 atom stereocenters. The predicted molar refractivity (Wildman–Crippen MR) is 80.2 cm³/mol. The second kappa shape index (κ2) is 9.07. The van der Waals surface area contributed by atoms with Gasteiger partial charge in [-0.25, -0.2) is 0 Å². The van der Waals surface area contributed by atoms with Gasteiger partial charge in [0.2, 0.25) is 0 Å². The van der Waals surface area contributed by atoms with Gasteiger partial charge in [-0.3, -0.25) is 4.21 Å². The summed E-state index contributed by atoms with van der Waals surface area (Å²) < 4.78 is 17.6. The van der Waals surface area contributed by atoms with Crippen LogP contribution in [-0.4, -0.2) is 34.1 Å². The van der Waals surface area contributed by atoms with Crippen molar-refractivity contribution in [3.8, 4) is 5.75 Å². The Morgan fingerprint density at radius 3 is 2.42 bits per heavy atom. The molecule has 1 unspecified atom stereocenters. The maximum atomic E-state index is 11.9. The molecule has 3 N–H and O–H groups in total. The molecule has 0 bridgehead atoms. The van der Waals surface area contributed by atoms with Gasteiger partial charge in [0.25, 0.3) is 0 Å². The van der Waals surface area contributed by atoms with Crippen molar-refractivity contribution in [3.05, 3.63) is 24.3 Å². The number of hydrogen-bond acceptors (Lipinski definition) is 3. The van der Waals surface area contributed by atoms with E-state index in [0.717, 1.165) is 23.7 Å². The Labute approximate surface area is 118 Å². The molecule has 1 aromatic rings. The van der Waals surface area contributed by atoms with Crippen LogP contribution in [0.25, 0.3) is 0 Å². The van der Waals surface area contributed by atoms with Gasteiger partial charge >= 0.3 is 0 Å². The van der Waals surface area contributed by atoms with Crippen LogP contribution in [0.1, 0.15) is 27.7 Å². The molecule has 1 aliphatic rings. The van der Waals surface area contributed by atoms with Crippen LogP contribution in [0.2, 0.25) is 0 Å². The lowest BCUT2D eigenvalue weighted by Crippen LogP contribution is -2.50. The quantitative estimate of drug-likeness (QED) is 0.917. The number of hydrogen-bond donors (Lipinski definition) is 1. The Kier molecular flexibility index (Phi) is 8.63. The summed E-state index contributed by atoms with van der Waals surface area (Å²) in [5.74, 6) is 0.818. The van der Waals surface area contributed by atoms with Crippen LogP contribution in [0.3, 0.4) is 0 Å². The minimum Gasteiger partial charge on any atom is -0.488 e. The molecular weight excluding hydrogens is 262 g/mol. The minimum atomic E-state index is -0.940. The van der Waals surface area contributed by atoms with Crippen molar-refractivity contribution in [3.63, 3.8) is 0 Å². The second-order valence-electron chi connectivity index (χ2n) is 4.22. The minimum absolute atomic E-state index is 0. The van der Waals surface area contributed by atoms with Crippen molar-refractivity contribution in [1.82, 2.24) is 5.32 Å². The second-order valence-corrected chi connectivity index (χ2v) is 6.23. The molecule has 0 radical (unpaired) electrons. The largest absolute Gasteiger partial charge is 0.488 e. The fourth-order valence-electron chi connectivity index (χ4n) is 1.48. The van der Waals surface area contributed by atoms with E-state index in [1.54, 1.807) is 0 Å².